The molecule has 7 nitrogen and oxygen atoms in total. The first-order valence-corrected chi connectivity index (χ1v) is 8.86. The Balaban J connectivity index is 1.64. The number of nitrogens with zero attached hydrogens (tertiary/aromatic N) is 3. The van der Waals surface area contributed by atoms with E-state index in [2.05, 4.69) is 0 Å². The van der Waals surface area contributed by atoms with Gasteiger partial charge in [0.1, 0.15) is 11.9 Å². The van der Waals surface area contributed by atoms with Crippen LogP contribution < -0.4 is 10.5 Å². The van der Waals surface area contributed by atoms with E-state index in [0.717, 1.165) is 37.1 Å². The number of hydrogen-bond donors (Lipinski definition) is 1. The number of nitrogens with two attached hydrogens (primary N) is 1. The van der Waals surface area contributed by atoms with Gasteiger partial charge in [0.2, 0.25) is 0 Å². The van der Waals surface area contributed by atoms with Gasteiger partial charge >= 0.3 is 12.1 Å². The second-order valence-electron chi connectivity index (χ2n) is 7.06. The highest BCUT2D eigenvalue weighted by atomic mass is 16.5. The molecule has 7 heteroatoms. The molecule has 0 saturated carbocycles. The Labute approximate surface area is 147 Å². The van der Waals surface area contributed by atoms with Crippen molar-refractivity contribution in [3.8, 4) is 5.75 Å². The van der Waals surface area contributed by atoms with Crippen LogP contribution in [0.3, 0.4) is 0 Å². The summed E-state index contributed by atoms with van der Waals surface area (Å²) in [5.41, 5.74) is 6.62. The van der Waals surface area contributed by atoms with Gasteiger partial charge in [-0.15, -0.1) is 0 Å². The molecule has 0 radical (unpaired) electrons. The smallest absolute Gasteiger partial charge is 0.322 e. The van der Waals surface area contributed by atoms with Crippen LogP contribution in [0, 0.1) is 5.92 Å². The van der Waals surface area contributed by atoms with Crippen molar-refractivity contribution < 1.29 is 14.3 Å². The highest BCUT2D eigenvalue weighted by Crippen LogP contribution is 2.41. The summed E-state index contributed by atoms with van der Waals surface area (Å²) in [6.45, 7) is 1.90. The molecule has 1 aromatic rings. The number of amides is 4. The number of primary amides is 1. The summed E-state index contributed by atoms with van der Waals surface area (Å²) in [5.74, 6) is 1.07. The summed E-state index contributed by atoms with van der Waals surface area (Å²) in [6, 6.07) is 7.52. The van der Waals surface area contributed by atoms with Gasteiger partial charge in [0.25, 0.3) is 0 Å². The van der Waals surface area contributed by atoms with E-state index in [0.29, 0.717) is 13.1 Å². The number of methoxy groups -OCH3 is 1. The summed E-state index contributed by atoms with van der Waals surface area (Å²) < 4.78 is 5.20. The van der Waals surface area contributed by atoms with E-state index in [1.807, 2.05) is 34.1 Å². The van der Waals surface area contributed by atoms with Crippen LogP contribution in [-0.2, 0) is 6.54 Å². The van der Waals surface area contributed by atoms with E-state index in [9.17, 15) is 9.59 Å². The Morgan fingerprint density at radius 3 is 2.68 bits per heavy atom. The molecule has 3 heterocycles. The Morgan fingerprint density at radius 1 is 1.24 bits per heavy atom. The van der Waals surface area contributed by atoms with Crippen molar-refractivity contribution in [3.05, 3.63) is 29.8 Å². The highest BCUT2D eigenvalue weighted by Gasteiger charge is 2.53. The predicted octanol–water partition coefficient (Wildman–Crippen LogP) is 1.82. The van der Waals surface area contributed by atoms with Crippen molar-refractivity contribution in [2.75, 3.05) is 20.2 Å². The van der Waals surface area contributed by atoms with Gasteiger partial charge in [-0.1, -0.05) is 12.1 Å². The second kappa shape index (κ2) is 6.13. The lowest BCUT2D eigenvalue weighted by atomic mass is 9.91. The van der Waals surface area contributed by atoms with Crippen molar-refractivity contribution in [1.82, 2.24) is 14.7 Å². The molecule has 4 amide bonds. The van der Waals surface area contributed by atoms with E-state index in [-0.39, 0.29) is 24.2 Å². The normalized spacial score (nSPS) is 28.1. The monoisotopic (exact) mass is 344 g/mol. The van der Waals surface area contributed by atoms with Crippen LogP contribution in [0.5, 0.6) is 5.75 Å². The number of rotatable bonds is 3. The third kappa shape index (κ3) is 2.58. The molecule has 2 N–H and O–H groups in total. The van der Waals surface area contributed by atoms with E-state index in [1.54, 1.807) is 12.0 Å². The molecular weight excluding hydrogens is 320 g/mol. The number of likely N-dealkylation sites (tertiary alicyclic amines) is 1. The molecule has 1 aromatic carbocycles. The number of fused-ring (bicyclic) bond motifs is 3. The number of hydrogen-bond acceptors (Lipinski definition) is 3. The summed E-state index contributed by atoms with van der Waals surface area (Å²) in [7, 11) is 1.63. The van der Waals surface area contributed by atoms with Gasteiger partial charge < -0.3 is 20.3 Å². The molecule has 3 atom stereocenters. The third-order valence-corrected chi connectivity index (χ3v) is 5.80. The SMILES string of the molecule is COc1ccc(CN2C(=O)N3CCC[C@@H]3[C@@H]3CCN(C(N)=O)[C@@H]32)cc1. The fourth-order valence-corrected chi connectivity index (χ4v) is 4.67. The van der Waals surface area contributed by atoms with Crippen LogP contribution in [0.2, 0.25) is 0 Å². The molecule has 25 heavy (non-hydrogen) atoms. The zero-order chi connectivity index (χ0) is 17.6. The average molecular weight is 344 g/mol. The van der Waals surface area contributed by atoms with Crippen LogP contribution >= 0.6 is 0 Å². The molecule has 0 spiro atoms. The number of benzene rings is 1. The third-order valence-electron chi connectivity index (χ3n) is 5.80. The molecular formula is C18H24N4O3. The number of urea groups is 2. The molecule has 3 saturated heterocycles. The lowest BCUT2D eigenvalue weighted by molar-refractivity contribution is 0.0101. The molecule has 3 aliphatic rings. The van der Waals surface area contributed by atoms with Gasteiger partial charge in [0.15, 0.2) is 0 Å². The van der Waals surface area contributed by atoms with Gasteiger partial charge in [-0.2, -0.15) is 0 Å². The summed E-state index contributed by atoms with van der Waals surface area (Å²) in [5, 5.41) is 0. The molecule has 0 aliphatic carbocycles. The van der Waals surface area contributed by atoms with E-state index in [1.165, 1.54) is 0 Å². The maximum absolute atomic E-state index is 13.1. The van der Waals surface area contributed by atoms with Crippen LogP contribution in [-0.4, -0.2) is 59.2 Å². The number of carbonyl (C=O) groups excluding carboxylic acids is 2. The summed E-state index contributed by atoms with van der Waals surface area (Å²) in [6.07, 6.45) is 2.73. The van der Waals surface area contributed by atoms with Gasteiger partial charge in [-0.25, -0.2) is 9.59 Å². The Hall–Kier alpha value is -2.44. The molecule has 0 bridgehead atoms. The average Bonchev–Trinajstić information content (AvgIpc) is 3.25. The van der Waals surface area contributed by atoms with E-state index < -0.39 is 6.03 Å². The molecule has 134 valence electrons. The van der Waals surface area contributed by atoms with Crippen LogP contribution in [0.15, 0.2) is 24.3 Å². The lowest BCUT2D eigenvalue weighted by Gasteiger charge is -2.47. The van der Waals surface area contributed by atoms with Crippen molar-refractivity contribution in [2.24, 2.45) is 11.7 Å². The number of ether oxygens (including phenoxy) is 1. The fraction of sp³-hybridized carbons (Fsp3) is 0.556. The zero-order valence-electron chi connectivity index (χ0n) is 14.4. The first-order chi connectivity index (χ1) is 12.1. The van der Waals surface area contributed by atoms with Crippen LogP contribution in [0.1, 0.15) is 24.8 Å². The van der Waals surface area contributed by atoms with Crippen LogP contribution in [0.4, 0.5) is 9.59 Å². The second-order valence-corrected chi connectivity index (χ2v) is 7.06. The topological polar surface area (TPSA) is 79.1 Å². The van der Waals surface area contributed by atoms with Gasteiger partial charge in [0, 0.05) is 31.6 Å². The maximum atomic E-state index is 13.1. The first-order valence-electron chi connectivity index (χ1n) is 8.86. The molecule has 0 aromatic heterocycles. The largest absolute Gasteiger partial charge is 0.497 e. The van der Waals surface area contributed by atoms with E-state index in [4.69, 9.17) is 10.5 Å². The Kier molecular flexibility index (Phi) is 3.94. The lowest BCUT2D eigenvalue weighted by Crippen LogP contribution is -2.64. The Morgan fingerprint density at radius 2 is 2.00 bits per heavy atom. The minimum atomic E-state index is -0.438. The molecule has 3 aliphatic heterocycles. The standard InChI is InChI=1S/C18H24N4O3/c1-25-13-6-4-12(5-7-13)11-22-16-14(8-10-21(16)17(19)23)15-3-2-9-20(15)18(22)24/h4-7,14-16H,2-3,8-11H2,1H3,(H2,19,23)/t14-,15+,16+/m0/s1. The summed E-state index contributed by atoms with van der Waals surface area (Å²) in [4.78, 5) is 30.5. The quantitative estimate of drug-likeness (QED) is 0.908. The first kappa shape index (κ1) is 16.1. The molecule has 4 rings (SSSR count). The van der Waals surface area contributed by atoms with Crippen molar-refractivity contribution in [2.45, 2.75) is 38.0 Å². The van der Waals surface area contributed by atoms with E-state index >= 15 is 0 Å². The van der Waals surface area contributed by atoms with Gasteiger partial charge in [-0.3, -0.25) is 4.90 Å². The van der Waals surface area contributed by atoms with Gasteiger partial charge in [0.05, 0.1) is 7.11 Å². The Bertz CT molecular complexity index is 677. The van der Waals surface area contributed by atoms with Crippen molar-refractivity contribution >= 4 is 12.1 Å². The van der Waals surface area contributed by atoms with Crippen molar-refractivity contribution in [3.63, 3.8) is 0 Å². The highest BCUT2D eigenvalue weighted by molar-refractivity contribution is 5.79. The fourth-order valence-electron chi connectivity index (χ4n) is 4.67. The minimum Gasteiger partial charge on any atom is -0.497 e. The van der Waals surface area contributed by atoms with Crippen LogP contribution in [0.25, 0.3) is 0 Å². The number of carbonyl (C=O) groups is 2. The predicted molar refractivity (Wildman–Crippen MR) is 91.8 cm³/mol. The molecule has 0 unspecified atom stereocenters. The van der Waals surface area contributed by atoms with Crippen molar-refractivity contribution in [1.29, 1.82) is 0 Å². The van der Waals surface area contributed by atoms with Gasteiger partial charge in [-0.05, 0) is 37.0 Å². The zero-order valence-corrected chi connectivity index (χ0v) is 14.4. The maximum Gasteiger partial charge on any atom is 0.322 e. The minimum absolute atomic E-state index is 0.0210. The molecule has 3 fully saturated rings. The summed E-state index contributed by atoms with van der Waals surface area (Å²) >= 11 is 0.